The van der Waals surface area contributed by atoms with E-state index in [0.717, 1.165) is 0 Å². The van der Waals surface area contributed by atoms with Crippen LogP contribution in [0.3, 0.4) is 0 Å². The van der Waals surface area contributed by atoms with Crippen LogP contribution >= 0.6 is 0 Å². The van der Waals surface area contributed by atoms with E-state index in [0.29, 0.717) is 5.70 Å². The SMILES string of the molecule is CON/C(C)=C/C(C)=O. The smallest absolute Gasteiger partial charge is 0.154 e. The molecule has 0 amide bonds. The van der Waals surface area contributed by atoms with Gasteiger partial charge in [0, 0.05) is 11.8 Å². The van der Waals surface area contributed by atoms with Crippen LogP contribution in [-0.2, 0) is 9.63 Å². The summed E-state index contributed by atoms with van der Waals surface area (Å²) in [5.74, 6) is 0.0112. The monoisotopic (exact) mass is 129 g/mol. The van der Waals surface area contributed by atoms with E-state index in [1.165, 1.54) is 20.1 Å². The maximum atomic E-state index is 10.4. The molecule has 0 bridgehead atoms. The largest absolute Gasteiger partial charge is 0.295 e. The van der Waals surface area contributed by atoms with Gasteiger partial charge in [-0.25, -0.2) is 0 Å². The first-order chi connectivity index (χ1) is 4.16. The molecule has 0 aliphatic carbocycles. The summed E-state index contributed by atoms with van der Waals surface area (Å²) in [4.78, 5) is 14.9. The van der Waals surface area contributed by atoms with Gasteiger partial charge in [-0.2, -0.15) is 0 Å². The lowest BCUT2D eigenvalue weighted by molar-refractivity contribution is -0.112. The maximum absolute atomic E-state index is 10.4. The van der Waals surface area contributed by atoms with Crippen molar-refractivity contribution in [1.29, 1.82) is 0 Å². The first-order valence-corrected chi connectivity index (χ1v) is 2.64. The van der Waals surface area contributed by atoms with Gasteiger partial charge in [-0.3, -0.25) is 15.1 Å². The molecule has 0 rings (SSSR count). The van der Waals surface area contributed by atoms with E-state index in [-0.39, 0.29) is 5.78 Å². The molecule has 52 valence electrons. The topological polar surface area (TPSA) is 38.3 Å². The van der Waals surface area contributed by atoms with Crippen molar-refractivity contribution in [2.75, 3.05) is 7.11 Å². The molecule has 3 heteroatoms. The highest BCUT2D eigenvalue weighted by Gasteiger charge is 1.87. The van der Waals surface area contributed by atoms with Crippen LogP contribution in [0.2, 0.25) is 0 Å². The van der Waals surface area contributed by atoms with Gasteiger partial charge < -0.3 is 0 Å². The Hall–Kier alpha value is -0.830. The summed E-state index contributed by atoms with van der Waals surface area (Å²) >= 11 is 0. The molecule has 0 heterocycles. The standard InChI is InChI=1S/C6H11NO2/c1-5(7-9-3)4-6(2)8/h4,7H,1-3H3/b5-4+. The van der Waals surface area contributed by atoms with Gasteiger partial charge in [0.05, 0.1) is 7.11 Å². The molecule has 0 aliphatic rings. The molecule has 0 unspecified atom stereocenters. The number of carbonyl (C=O) groups excluding carboxylic acids is 1. The van der Waals surface area contributed by atoms with Crippen LogP contribution < -0.4 is 5.48 Å². The fraction of sp³-hybridized carbons (Fsp3) is 0.500. The first kappa shape index (κ1) is 8.17. The molecule has 0 aromatic heterocycles. The quantitative estimate of drug-likeness (QED) is 0.448. The molecule has 3 nitrogen and oxygen atoms in total. The third kappa shape index (κ3) is 5.03. The lowest BCUT2D eigenvalue weighted by Crippen LogP contribution is -2.09. The predicted molar refractivity (Wildman–Crippen MR) is 34.6 cm³/mol. The van der Waals surface area contributed by atoms with Crippen LogP contribution in [0.1, 0.15) is 13.8 Å². The molecule has 0 saturated carbocycles. The molecule has 0 aromatic rings. The summed E-state index contributed by atoms with van der Waals surface area (Å²) in [5, 5.41) is 0. The van der Waals surface area contributed by atoms with E-state index in [4.69, 9.17) is 0 Å². The van der Waals surface area contributed by atoms with Crippen molar-refractivity contribution in [3.05, 3.63) is 11.8 Å². The number of rotatable bonds is 3. The van der Waals surface area contributed by atoms with E-state index >= 15 is 0 Å². The molecular formula is C6H11NO2. The summed E-state index contributed by atoms with van der Waals surface area (Å²) < 4.78 is 0. The zero-order chi connectivity index (χ0) is 7.28. The molecule has 0 atom stereocenters. The number of hydrogen-bond donors (Lipinski definition) is 1. The van der Waals surface area contributed by atoms with Crippen LogP contribution in [0.5, 0.6) is 0 Å². The Balaban J connectivity index is 3.69. The molecule has 0 radical (unpaired) electrons. The Morgan fingerprint density at radius 2 is 2.11 bits per heavy atom. The minimum Gasteiger partial charge on any atom is -0.295 e. The Morgan fingerprint density at radius 3 is 2.44 bits per heavy atom. The van der Waals surface area contributed by atoms with Gasteiger partial charge in [0.1, 0.15) is 0 Å². The number of hydrogen-bond acceptors (Lipinski definition) is 3. The molecule has 0 aromatic carbocycles. The molecule has 0 saturated heterocycles. The summed E-state index contributed by atoms with van der Waals surface area (Å²) in [5.41, 5.74) is 3.23. The normalized spacial score (nSPS) is 11.2. The van der Waals surface area contributed by atoms with Crippen LogP contribution in [0.15, 0.2) is 11.8 Å². The number of allylic oxidation sites excluding steroid dienone is 2. The number of nitrogens with one attached hydrogen (secondary N) is 1. The second kappa shape index (κ2) is 4.09. The minimum absolute atomic E-state index is 0.0112. The number of hydroxylamine groups is 1. The van der Waals surface area contributed by atoms with Gasteiger partial charge in [0.2, 0.25) is 0 Å². The van der Waals surface area contributed by atoms with Gasteiger partial charge in [-0.15, -0.1) is 0 Å². The molecule has 9 heavy (non-hydrogen) atoms. The van der Waals surface area contributed by atoms with Crippen molar-refractivity contribution >= 4 is 5.78 Å². The maximum Gasteiger partial charge on any atom is 0.154 e. The molecule has 1 N–H and O–H groups in total. The van der Waals surface area contributed by atoms with E-state index < -0.39 is 0 Å². The summed E-state index contributed by atoms with van der Waals surface area (Å²) in [6.45, 7) is 3.24. The van der Waals surface area contributed by atoms with Crippen molar-refractivity contribution in [1.82, 2.24) is 5.48 Å². The average molecular weight is 129 g/mol. The molecule has 0 aliphatic heterocycles. The van der Waals surface area contributed by atoms with Crippen molar-refractivity contribution < 1.29 is 9.63 Å². The summed E-state index contributed by atoms with van der Waals surface area (Å²) in [6.07, 6.45) is 1.46. The zero-order valence-electron chi connectivity index (χ0n) is 5.89. The Kier molecular flexibility index (Phi) is 3.71. The first-order valence-electron chi connectivity index (χ1n) is 2.64. The van der Waals surface area contributed by atoms with Crippen molar-refractivity contribution in [3.63, 3.8) is 0 Å². The number of carbonyl (C=O) groups is 1. The minimum atomic E-state index is 0.0112. The van der Waals surface area contributed by atoms with E-state index in [1.54, 1.807) is 6.92 Å². The van der Waals surface area contributed by atoms with Crippen LogP contribution in [-0.4, -0.2) is 12.9 Å². The lowest BCUT2D eigenvalue weighted by atomic mass is 10.3. The Bertz CT molecular complexity index is 129. The second-order valence-electron chi connectivity index (χ2n) is 1.74. The Morgan fingerprint density at radius 1 is 1.56 bits per heavy atom. The average Bonchev–Trinajstić information content (AvgIpc) is 1.63. The summed E-state index contributed by atoms with van der Waals surface area (Å²) in [7, 11) is 1.50. The van der Waals surface area contributed by atoms with Gasteiger partial charge in [-0.1, -0.05) is 0 Å². The third-order valence-electron chi connectivity index (χ3n) is 0.683. The van der Waals surface area contributed by atoms with Gasteiger partial charge >= 0.3 is 0 Å². The highest BCUT2D eigenvalue weighted by Crippen LogP contribution is 1.84. The van der Waals surface area contributed by atoms with E-state index in [2.05, 4.69) is 10.3 Å². The van der Waals surface area contributed by atoms with E-state index in [1.807, 2.05) is 0 Å². The van der Waals surface area contributed by atoms with Crippen LogP contribution in [0.25, 0.3) is 0 Å². The lowest BCUT2D eigenvalue weighted by Gasteiger charge is -1.99. The molecule has 0 spiro atoms. The van der Waals surface area contributed by atoms with Crippen LogP contribution in [0, 0.1) is 0 Å². The van der Waals surface area contributed by atoms with Crippen molar-refractivity contribution in [3.8, 4) is 0 Å². The molecular weight excluding hydrogens is 118 g/mol. The second-order valence-corrected chi connectivity index (χ2v) is 1.74. The van der Waals surface area contributed by atoms with Gasteiger partial charge in [0.25, 0.3) is 0 Å². The van der Waals surface area contributed by atoms with Crippen molar-refractivity contribution in [2.24, 2.45) is 0 Å². The fourth-order valence-corrected chi connectivity index (χ4v) is 0.495. The zero-order valence-corrected chi connectivity index (χ0v) is 5.89. The highest BCUT2D eigenvalue weighted by molar-refractivity contribution is 5.87. The predicted octanol–water partition coefficient (Wildman–Crippen LogP) is 0.630. The third-order valence-corrected chi connectivity index (χ3v) is 0.683. The van der Waals surface area contributed by atoms with Gasteiger partial charge in [-0.05, 0) is 13.8 Å². The van der Waals surface area contributed by atoms with Gasteiger partial charge in [0.15, 0.2) is 5.78 Å². The highest BCUT2D eigenvalue weighted by atomic mass is 16.6. The van der Waals surface area contributed by atoms with E-state index in [9.17, 15) is 4.79 Å². The van der Waals surface area contributed by atoms with Crippen LogP contribution in [0.4, 0.5) is 0 Å². The van der Waals surface area contributed by atoms with Crippen molar-refractivity contribution in [2.45, 2.75) is 13.8 Å². The summed E-state index contributed by atoms with van der Waals surface area (Å²) in [6, 6.07) is 0. The number of ketones is 1. The molecule has 0 fully saturated rings. The Labute approximate surface area is 54.7 Å². The fourth-order valence-electron chi connectivity index (χ4n) is 0.495.